The molecule has 0 aliphatic carbocycles. The molecule has 3 aromatic heterocycles. The lowest BCUT2D eigenvalue weighted by atomic mass is 10.2. The number of aromatic nitrogens is 4. The van der Waals surface area contributed by atoms with Crippen LogP contribution in [0.5, 0.6) is 0 Å². The Morgan fingerprint density at radius 2 is 2.03 bits per heavy atom. The highest BCUT2D eigenvalue weighted by Gasteiger charge is 2.21. The number of hydrogen-bond donors (Lipinski definition) is 1. The van der Waals surface area contributed by atoms with E-state index in [0.29, 0.717) is 34.3 Å². The van der Waals surface area contributed by atoms with E-state index >= 15 is 0 Å². The summed E-state index contributed by atoms with van der Waals surface area (Å²) in [5.41, 5.74) is 7.36. The van der Waals surface area contributed by atoms with Crippen LogP contribution in [0.2, 0.25) is 0 Å². The van der Waals surface area contributed by atoms with E-state index in [0.717, 1.165) is 0 Å². The number of nitrogen functional groups attached to an aromatic ring is 1. The molecule has 0 spiro atoms. The topological polar surface area (TPSA) is 115 Å². The monoisotopic (exact) mass is 407 g/mol. The highest BCUT2D eigenvalue weighted by molar-refractivity contribution is 5.98. The summed E-state index contributed by atoms with van der Waals surface area (Å²) in [6, 6.07) is 9.53. The summed E-state index contributed by atoms with van der Waals surface area (Å²) in [4.78, 5) is 25.6. The van der Waals surface area contributed by atoms with E-state index in [1.165, 1.54) is 16.8 Å². The second-order valence-corrected chi connectivity index (χ2v) is 6.73. The van der Waals surface area contributed by atoms with Crippen molar-refractivity contribution < 1.29 is 13.6 Å². The lowest BCUT2D eigenvalue weighted by molar-refractivity contribution is 0.110. The largest absolute Gasteiger partial charge is 0.452 e. The Morgan fingerprint density at radius 3 is 2.73 bits per heavy atom. The van der Waals surface area contributed by atoms with Crippen molar-refractivity contribution in [2.75, 3.05) is 19.8 Å². The highest BCUT2D eigenvalue weighted by Crippen LogP contribution is 2.33. The summed E-state index contributed by atoms with van der Waals surface area (Å²) < 4.78 is 21.3. The van der Waals surface area contributed by atoms with Crippen LogP contribution in [0.1, 0.15) is 16.1 Å². The molecule has 0 saturated carbocycles. The third kappa shape index (κ3) is 3.62. The van der Waals surface area contributed by atoms with Gasteiger partial charge in [0.2, 0.25) is 0 Å². The number of carbonyl (C=O) groups is 1. The number of aliphatic imine (C=N–C) groups is 1. The number of nitrogens with two attached hydrogens (primary N) is 1. The molecule has 4 rings (SSSR count). The quantitative estimate of drug-likeness (QED) is 0.297. The molecular weight excluding hydrogens is 389 g/mol. The van der Waals surface area contributed by atoms with Crippen LogP contribution in [0, 0.1) is 5.82 Å². The van der Waals surface area contributed by atoms with Crippen LogP contribution < -0.4 is 5.73 Å². The molecule has 30 heavy (non-hydrogen) atoms. The minimum atomic E-state index is -0.364. The fraction of sp³-hybridized carbons (Fsp3) is 0.150. The van der Waals surface area contributed by atoms with Crippen molar-refractivity contribution in [2.45, 2.75) is 6.54 Å². The van der Waals surface area contributed by atoms with E-state index in [-0.39, 0.29) is 29.9 Å². The number of hydrogen-bond acceptors (Lipinski definition) is 7. The molecule has 0 aliphatic rings. The summed E-state index contributed by atoms with van der Waals surface area (Å²) in [5, 5.41) is 4.97. The molecule has 4 aromatic rings. The molecule has 0 unspecified atom stereocenters. The molecule has 0 amide bonds. The summed E-state index contributed by atoms with van der Waals surface area (Å²) in [5.74, 6) is 0.396. The first kappa shape index (κ1) is 19.2. The average Bonchev–Trinajstić information content (AvgIpc) is 3.33. The lowest BCUT2D eigenvalue weighted by Gasteiger charge is -2.06. The minimum absolute atomic E-state index is 0.109. The molecule has 0 aliphatic heterocycles. The van der Waals surface area contributed by atoms with E-state index in [2.05, 4.69) is 20.1 Å². The van der Waals surface area contributed by atoms with Crippen molar-refractivity contribution in [3.05, 3.63) is 53.5 Å². The number of halogens is 1. The number of nitrogens with zero attached hydrogens (tertiary/aromatic N) is 6. The van der Waals surface area contributed by atoms with Crippen LogP contribution >= 0.6 is 0 Å². The molecule has 0 saturated heterocycles. The SMILES string of the molecule is CN(C)C=Nc1nc(N)c2c(-c3ccc(C=O)o3)nn(Cc3ccccc3F)c2n1. The number of benzene rings is 1. The fourth-order valence-electron chi connectivity index (χ4n) is 2.92. The second kappa shape index (κ2) is 7.74. The molecule has 0 bridgehead atoms. The van der Waals surface area contributed by atoms with Gasteiger partial charge in [0.05, 0.1) is 18.3 Å². The van der Waals surface area contributed by atoms with Crippen molar-refractivity contribution in [2.24, 2.45) is 4.99 Å². The van der Waals surface area contributed by atoms with Gasteiger partial charge in [0.25, 0.3) is 5.95 Å². The predicted molar refractivity (Wildman–Crippen MR) is 110 cm³/mol. The molecule has 0 fully saturated rings. The Bertz CT molecular complexity index is 1260. The minimum Gasteiger partial charge on any atom is -0.452 e. The van der Waals surface area contributed by atoms with Crippen molar-refractivity contribution in [3.8, 4) is 11.5 Å². The number of fused-ring (bicyclic) bond motifs is 1. The average molecular weight is 407 g/mol. The van der Waals surface area contributed by atoms with Gasteiger partial charge >= 0.3 is 0 Å². The Hall–Kier alpha value is -4.08. The summed E-state index contributed by atoms with van der Waals surface area (Å²) >= 11 is 0. The zero-order valence-electron chi connectivity index (χ0n) is 16.3. The van der Waals surface area contributed by atoms with Gasteiger partial charge in [-0.2, -0.15) is 15.1 Å². The maximum absolute atomic E-state index is 14.2. The fourth-order valence-corrected chi connectivity index (χ4v) is 2.92. The molecule has 0 radical (unpaired) electrons. The number of furan rings is 1. The Labute approximate surface area is 170 Å². The zero-order valence-corrected chi connectivity index (χ0v) is 16.3. The van der Waals surface area contributed by atoms with Crippen LogP contribution in [0.3, 0.4) is 0 Å². The third-order valence-electron chi connectivity index (χ3n) is 4.27. The first-order valence-electron chi connectivity index (χ1n) is 8.99. The van der Waals surface area contributed by atoms with Gasteiger partial charge in [-0.25, -0.2) is 14.1 Å². The molecule has 0 atom stereocenters. The summed E-state index contributed by atoms with van der Waals surface area (Å²) in [6.07, 6.45) is 2.14. The van der Waals surface area contributed by atoms with Gasteiger partial charge in [0, 0.05) is 19.7 Å². The van der Waals surface area contributed by atoms with E-state index in [1.807, 2.05) is 14.1 Å². The second-order valence-electron chi connectivity index (χ2n) is 6.73. The van der Waals surface area contributed by atoms with E-state index < -0.39 is 0 Å². The lowest BCUT2D eigenvalue weighted by Crippen LogP contribution is -2.08. The maximum atomic E-state index is 14.2. The first-order valence-corrected chi connectivity index (χ1v) is 8.99. The van der Waals surface area contributed by atoms with Crippen LogP contribution in [0.25, 0.3) is 22.5 Å². The molecule has 2 N–H and O–H groups in total. The zero-order chi connectivity index (χ0) is 21.3. The number of rotatable bonds is 6. The normalized spacial score (nSPS) is 11.4. The van der Waals surface area contributed by atoms with Gasteiger partial charge < -0.3 is 15.1 Å². The van der Waals surface area contributed by atoms with Crippen molar-refractivity contribution in [1.29, 1.82) is 0 Å². The van der Waals surface area contributed by atoms with Gasteiger partial charge in [-0.3, -0.25) is 4.79 Å². The molecule has 3 heterocycles. The molecule has 10 heteroatoms. The number of aldehydes is 1. The van der Waals surface area contributed by atoms with E-state index in [4.69, 9.17) is 10.2 Å². The third-order valence-corrected chi connectivity index (χ3v) is 4.27. The van der Waals surface area contributed by atoms with Gasteiger partial charge in [-0.15, -0.1) is 0 Å². The van der Waals surface area contributed by atoms with Gasteiger partial charge in [-0.05, 0) is 18.2 Å². The maximum Gasteiger partial charge on any atom is 0.254 e. The predicted octanol–water partition coefficient (Wildman–Crippen LogP) is 2.89. The van der Waals surface area contributed by atoms with Crippen LogP contribution in [0.15, 0.2) is 45.8 Å². The number of anilines is 1. The van der Waals surface area contributed by atoms with E-state index in [9.17, 15) is 9.18 Å². The smallest absolute Gasteiger partial charge is 0.254 e. The molecule has 1 aromatic carbocycles. The molecular formula is C20H18FN7O2. The Morgan fingerprint density at radius 1 is 1.23 bits per heavy atom. The molecule has 152 valence electrons. The van der Waals surface area contributed by atoms with Crippen molar-refractivity contribution in [1.82, 2.24) is 24.6 Å². The summed E-state index contributed by atoms with van der Waals surface area (Å²) in [7, 11) is 3.63. The van der Waals surface area contributed by atoms with Crippen molar-refractivity contribution in [3.63, 3.8) is 0 Å². The van der Waals surface area contributed by atoms with Gasteiger partial charge in [0.1, 0.15) is 17.3 Å². The first-order chi connectivity index (χ1) is 14.5. The molecule has 9 nitrogen and oxygen atoms in total. The highest BCUT2D eigenvalue weighted by atomic mass is 19.1. The van der Waals surface area contributed by atoms with Crippen molar-refractivity contribution >= 4 is 35.4 Å². The van der Waals surface area contributed by atoms with Gasteiger partial charge in [0.15, 0.2) is 23.5 Å². The Kier molecular flexibility index (Phi) is 4.97. The van der Waals surface area contributed by atoms with Crippen LogP contribution in [0.4, 0.5) is 16.2 Å². The Balaban J connectivity index is 1.91. The standard InChI is InChI=1S/C20H18FN7O2/c1-27(2)11-23-20-24-18(22)16-17(15-8-7-13(10-29)30-15)26-28(19(16)25-20)9-12-5-3-4-6-14(12)21/h3-8,10-11H,9H2,1-2H3,(H2,22,24,25). The number of carbonyl (C=O) groups excluding carboxylic acids is 1. The van der Waals surface area contributed by atoms with E-state index in [1.54, 1.807) is 35.5 Å². The van der Waals surface area contributed by atoms with Crippen LogP contribution in [-0.2, 0) is 6.54 Å². The van der Waals surface area contributed by atoms with Crippen LogP contribution in [-0.4, -0.2) is 51.4 Å². The van der Waals surface area contributed by atoms with Gasteiger partial charge in [-0.1, -0.05) is 18.2 Å². The summed E-state index contributed by atoms with van der Waals surface area (Å²) in [6.45, 7) is 0.109.